The predicted octanol–water partition coefficient (Wildman–Crippen LogP) is 3.55. The number of hydrogen-bond acceptors (Lipinski definition) is 2. The lowest BCUT2D eigenvalue weighted by atomic mass is 10.1. The van der Waals surface area contributed by atoms with Gasteiger partial charge >= 0.3 is 0 Å². The van der Waals surface area contributed by atoms with Gasteiger partial charge in [0.15, 0.2) is 10.1 Å². The maximum Gasteiger partial charge on any atom is 0.188 e. The van der Waals surface area contributed by atoms with Gasteiger partial charge in [0.05, 0.1) is 0 Å². The summed E-state index contributed by atoms with van der Waals surface area (Å²) in [4.78, 5) is 11.8. The van der Waals surface area contributed by atoms with Crippen molar-refractivity contribution >= 4 is 29.0 Å². The van der Waals surface area contributed by atoms with Crippen molar-refractivity contribution < 1.29 is 9.53 Å². The number of Topliss-reactive ketones (excluding diaryl/α,β-unsaturated/α-hetero) is 1. The molecule has 1 aromatic rings. The van der Waals surface area contributed by atoms with E-state index in [9.17, 15) is 4.79 Å². The number of ketones is 1. The van der Waals surface area contributed by atoms with Crippen LogP contribution >= 0.6 is 23.2 Å². The summed E-state index contributed by atoms with van der Waals surface area (Å²) >= 11 is 12.1. The zero-order valence-corrected chi connectivity index (χ0v) is 11.1. The highest BCUT2D eigenvalue weighted by Gasteiger charge is 2.33. The minimum Gasteiger partial charge on any atom is -0.362 e. The fourth-order valence-electron chi connectivity index (χ4n) is 1.61. The van der Waals surface area contributed by atoms with Gasteiger partial charge in [-0.1, -0.05) is 71.8 Å². The molecule has 0 radical (unpaired) electrons. The number of carbonyl (C=O) groups is 1. The molecule has 0 spiro atoms. The molecule has 18 heavy (non-hydrogen) atoms. The number of halogens is 2. The van der Waals surface area contributed by atoms with E-state index in [1.807, 2.05) is 18.2 Å². The van der Waals surface area contributed by atoms with Crippen LogP contribution in [0.5, 0.6) is 0 Å². The monoisotopic (exact) mass is 282 g/mol. The van der Waals surface area contributed by atoms with Gasteiger partial charge in [-0.15, -0.1) is 0 Å². The van der Waals surface area contributed by atoms with Crippen LogP contribution in [0.1, 0.15) is 10.4 Å². The molecule has 0 aromatic heterocycles. The van der Waals surface area contributed by atoms with E-state index in [4.69, 9.17) is 27.9 Å². The summed E-state index contributed by atoms with van der Waals surface area (Å²) in [5, 5.41) is 0. The van der Waals surface area contributed by atoms with Gasteiger partial charge in [0, 0.05) is 5.56 Å². The molecule has 0 fully saturated rings. The first kappa shape index (κ1) is 13.3. The zero-order valence-electron chi connectivity index (χ0n) is 9.55. The lowest BCUT2D eigenvalue weighted by Gasteiger charge is -2.26. The molecule has 1 atom stereocenters. The Morgan fingerprint density at radius 2 is 1.94 bits per heavy atom. The summed E-state index contributed by atoms with van der Waals surface area (Å²) in [6.07, 6.45) is 6.39. The molecule has 1 aliphatic carbocycles. The van der Waals surface area contributed by atoms with Crippen molar-refractivity contribution in [3.63, 3.8) is 0 Å². The van der Waals surface area contributed by atoms with E-state index in [-0.39, 0.29) is 12.4 Å². The second-order valence-corrected chi connectivity index (χ2v) is 5.38. The number of carbonyl (C=O) groups excluding carboxylic acids is 1. The summed E-state index contributed by atoms with van der Waals surface area (Å²) in [6.45, 7) is -0.0476. The lowest BCUT2D eigenvalue weighted by Crippen LogP contribution is -2.33. The van der Waals surface area contributed by atoms with Gasteiger partial charge in [-0.25, -0.2) is 0 Å². The van der Waals surface area contributed by atoms with Crippen LogP contribution in [0.3, 0.4) is 0 Å². The third kappa shape index (κ3) is 3.22. The molecule has 0 N–H and O–H groups in total. The number of hydrogen-bond donors (Lipinski definition) is 0. The van der Waals surface area contributed by atoms with Gasteiger partial charge in [-0.3, -0.25) is 4.79 Å². The molecule has 94 valence electrons. The Morgan fingerprint density at radius 1 is 1.22 bits per heavy atom. The largest absolute Gasteiger partial charge is 0.362 e. The molecule has 0 saturated heterocycles. The molecule has 2 nitrogen and oxygen atoms in total. The Hall–Kier alpha value is -1.09. The second-order valence-electron chi connectivity index (χ2n) is 3.94. The van der Waals surface area contributed by atoms with Gasteiger partial charge in [0.25, 0.3) is 0 Å². The highest BCUT2D eigenvalue weighted by Crippen LogP contribution is 2.32. The summed E-state index contributed by atoms with van der Waals surface area (Å²) in [6, 6.07) is 8.97. The maximum absolute atomic E-state index is 11.8. The fourth-order valence-corrected chi connectivity index (χ4v) is 2.03. The van der Waals surface area contributed by atoms with Crippen LogP contribution in [0.25, 0.3) is 0 Å². The van der Waals surface area contributed by atoms with Gasteiger partial charge in [-0.2, -0.15) is 0 Å². The third-order valence-corrected chi connectivity index (χ3v) is 3.27. The SMILES string of the molecule is O=C(COC1C=CC=CC1(Cl)Cl)c1ccccc1. The van der Waals surface area contributed by atoms with Gasteiger partial charge in [0.2, 0.25) is 0 Å². The molecule has 0 saturated carbocycles. The van der Waals surface area contributed by atoms with Crippen molar-refractivity contribution in [2.24, 2.45) is 0 Å². The minimum atomic E-state index is -1.12. The topological polar surface area (TPSA) is 26.3 Å². The number of alkyl halides is 2. The van der Waals surface area contributed by atoms with E-state index in [0.717, 1.165) is 0 Å². The Balaban J connectivity index is 1.95. The molecular formula is C14H12Cl2O2. The molecule has 1 unspecified atom stereocenters. The van der Waals surface area contributed by atoms with E-state index in [2.05, 4.69) is 0 Å². The highest BCUT2D eigenvalue weighted by atomic mass is 35.5. The van der Waals surface area contributed by atoms with Gasteiger partial charge in [-0.05, 0) is 6.08 Å². The van der Waals surface area contributed by atoms with E-state index in [0.29, 0.717) is 5.56 Å². The van der Waals surface area contributed by atoms with Crippen molar-refractivity contribution in [2.75, 3.05) is 6.61 Å². The number of ether oxygens (including phenoxy) is 1. The number of rotatable bonds is 4. The molecule has 1 aromatic carbocycles. The molecule has 1 aliphatic rings. The summed E-state index contributed by atoms with van der Waals surface area (Å²) in [7, 11) is 0. The first-order valence-electron chi connectivity index (χ1n) is 5.53. The standard InChI is InChI=1S/C14H12Cl2O2/c15-14(16)9-5-4-8-13(14)18-10-12(17)11-6-2-1-3-7-11/h1-9,13H,10H2. The highest BCUT2D eigenvalue weighted by molar-refractivity contribution is 6.50. The number of allylic oxidation sites excluding steroid dienone is 2. The Labute approximate surface area is 116 Å². The lowest BCUT2D eigenvalue weighted by molar-refractivity contribution is 0.0599. The summed E-state index contributed by atoms with van der Waals surface area (Å²) in [5.41, 5.74) is 0.613. The van der Waals surface area contributed by atoms with Crippen LogP contribution in [-0.4, -0.2) is 22.8 Å². The van der Waals surface area contributed by atoms with Crippen LogP contribution in [-0.2, 0) is 4.74 Å². The van der Waals surface area contributed by atoms with Crippen LogP contribution in [0.4, 0.5) is 0 Å². The van der Waals surface area contributed by atoms with Crippen LogP contribution in [0, 0.1) is 0 Å². The minimum absolute atomic E-state index is 0.0476. The molecular weight excluding hydrogens is 271 g/mol. The Bertz CT molecular complexity index is 478. The van der Waals surface area contributed by atoms with Gasteiger partial charge in [0.1, 0.15) is 12.7 Å². The van der Waals surface area contributed by atoms with E-state index in [1.54, 1.807) is 36.4 Å². The van der Waals surface area contributed by atoms with Crippen molar-refractivity contribution in [1.29, 1.82) is 0 Å². The van der Waals surface area contributed by atoms with Crippen LogP contribution in [0.2, 0.25) is 0 Å². The molecule has 0 bridgehead atoms. The maximum atomic E-state index is 11.8. The average molecular weight is 283 g/mol. The molecule has 2 rings (SSSR count). The summed E-state index contributed by atoms with van der Waals surface area (Å²) < 4.78 is 4.34. The Kier molecular flexibility index (Phi) is 4.23. The summed E-state index contributed by atoms with van der Waals surface area (Å²) in [5.74, 6) is -0.0947. The van der Waals surface area contributed by atoms with Crippen molar-refractivity contribution in [2.45, 2.75) is 10.4 Å². The smallest absolute Gasteiger partial charge is 0.188 e. The van der Waals surface area contributed by atoms with E-state index in [1.165, 1.54) is 0 Å². The normalized spacial score (nSPS) is 20.9. The van der Waals surface area contributed by atoms with Crippen molar-refractivity contribution in [1.82, 2.24) is 0 Å². The third-order valence-electron chi connectivity index (χ3n) is 2.58. The van der Waals surface area contributed by atoms with Gasteiger partial charge < -0.3 is 4.74 Å². The quantitative estimate of drug-likeness (QED) is 0.624. The van der Waals surface area contributed by atoms with Crippen LogP contribution < -0.4 is 0 Å². The van der Waals surface area contributed by atoms with Crippen molar-refractivity contribution in [3.05, 3.63) is 60.2 Å². The van der Waals surface area contributed by atoms with Crippen molar-refractivity contribution in [3.8, 4) is 0 Å². The molecule has 0 amide bonds. The average Bonchev–Trinajstić information content (AvgIpc) is 2.38. The fraction of sp³-hybridized carbons (Fsp3) is 0.214. The van der Waals surface area contributed by atoms with E-state index >= 15 is 0 Å². The van der Waals surface area contributed by atoms with E-state index < -0.39 is 10.4 Å². The molecule has 4 heteroatoms. The number of benzene rings is 1. The first-order chi connectivity index (χ1) is 8.59. The molecule has 0 heterocycles. The predicted molar refractivity (Wildman–Crippen MR) is 73.2 cm³/mol. The first-order valence-corrected chi connectivity index (χ1v) is 6.29. The van der Waals surface area contributed by atoms with Crippen LogP contribution in [0.15, 0.2) is 54.6 Å². The molecule has 0 aliphatic heterocycles. The second kappa shape index (κ2) is 5.70. The Morgan fingerprint density at radius 3 is 2.61 bits per heavy atom. The zero-order chi connectivity index (χ0) is 13.0.